The molecule has 0 bridgehead atoms. The van der Waals surface area contributed by atoms with E-state index in [0.717, 1.165) is 31.7 Å². The second-order valence-electron chi connectivity index (χ2n) is 4.90. The van der Waals surface area contributed by atoms with Crippen LogP contribution in [-0.2, 0) is 21.3 Å². The molecule has 1 aromatic heterocycles. The van der Waals surface area contributed by atoms with Gasteiger partial charge in [-0.2, -0.15) is 0 Å². The number of hydrogen-bond donors (Lipinski definition) is 3. The summed E-state index contributed by atoms with van der Waals surface area (Å²) in [5.41, 5.74) is 0.870. The lowest BCUT2D eigenvalue weighted by Crippen LogP contribution is -2.25. The summed E-state index contributed by atoms with van der Waals surface area (Å²) in [6, 6.07) is 1.67. The van der Waals surface area contributed by atoms with Crippen molar-refractivity contribution in [2.45, 2.75) is 44.6 Å². The highest BCUT2D eigenvalue weighted by Gasteiger charge is 2.15. The van der Waals surface area contributed by atoms with Crippen molar-refractivity contribution in [3.63, 3.8) is 0 Å². The van der Waals surface area contributed by atoms with Gasteiger partial charge in [0, 0.05) is 38.2 Å². The lowest BCUT2D eigenvalue weighted by Gasteiger charge is -2.05. The highest BCUT2D eigenvalue weighted by atomic mass is 32.2. The van der Waals surface area contributed by atoms with Crippen LogP contribution in [0.4, 0.5) is 0 Å². The number of H-pyrrole nitrogens is 1. The fourth-order valence-electron chi connectivity index (χ4n) is 1.79. The van der Waals surface area contributed by atoms with Crippen LogP contribution in [0.1, 0.15) is 38.8 Å². The van der Waals surface area contributed by atoms with Gasteiger partial charge in [0.2, 0.25) is 10.0 Å². The van der Waals surface area contributed by atoms with E-state index >= 15 is 0 Å². The van der Waals surface area contributed by atoms with Gasteiger partial charge in [0.05, 0.1) is 4.90 Å². The monoisotopic (exact) mass is 317 g/mol. The Balaban J connectivity index is 2.36. The first-order valence-electron chi connectivity index (χ1n) is 7.55. The van der Waals surface area contributed by atoms with Crippen LogP contribution in [-0.4, -0.2) is 39.7 Å². The average molecular weight is 317 g/mol. The van der Waals surface area contributed by atoms with Crippen LogP contribution in [0, 0.1) is 0 Å². The minimum atomic E-state index is -3.43. The smallest absolute Gasteiger partial charge is 0.242 e. The van der Waals surface area contributed by atoms with Gasteiger partial charge in [-0.05, 0) is 31.9 Å². The first-order valence-corrected chi connectivity index (χ1v) is 9.04. The van der Waals surface area contributed by atoms with E-state index in [1.54, 1.807) is 6.07 Å². The van der Waals surface area contributed by atoms with E-state index in [4.69, 9.17) is 4.74 Å². The molecule has 0 unspecified atom stereocenters. The predicted octanol–water partition coefficient (Wildman–Crippen LogP) is 1.61. The molecule has 0 fully saturated rings. The second-order valence-corrected chi connectivity index (χ2v) is 6.67. The molecule has 0 atom stereocenters. The summed E-state index contributed by atoms with van der Waals surface area (Å²) >= 11 is 0. The van der Waals surface area contributed by atoms with Crippen LogP contribution in [0.15, 0.2) is 17.2 Å². The lowest BCUT2D eigenvalue weighted by atomic mass is 10.4. The number of aromatic nitrogens is 1. The summed E-state index contributed by atoms with van der Waals surface area (Å²) < 4.78 is 32.0. The van der Waals surface area contributed by atoms with E-state index < -0.39 is 10.0 Å². The van der Waals surface area contributed by atoms with E-state index in [-0.39, 0.29) is 4.90 Å². The predicted molar refractivity (Wildman–Crippen MR) is 83.7 cm³/mol. The third-order valence-corrected chi connectivity index (χ3v) is 4.32. The zero-order valence-corrected chi connectivity index (χ0v) is 13.8. The molecule has 6 nitrogen and oxygen atoms in total. The lowest BCUT2D eigenvalue weighted by molar-refractivity contribution is 0.133. The van der Waals surface area contributed by atoms with Gasteiger partial charge in [-0.15, -0.1) is 0 Å². The number of nitrogens with one attached hydrogen (secondary N) is 3. The molecule has 1 heterocycles. The molecule has 0 aliphatic carbocycles. The third-order valence-electron chi connectivity index (χ3n) is 2.87. The van der Waals surface area contributed by atoms with Gasteiger partial charge < -0.3 is 15.0 Å². The van der Waals surface area contributed by atoms with Gasteiger partial charge in [0.25, 0.3) is 0 Å². The molecule has 3 N–H and O–H groups in total. The van der Waals surface area contributed by atoms with E-state index in [1.165, 1.54) is 6.20 Å². The Kier molecular flexibility index (Phi) is 8.60. The van der Waals surface area contributed by atoms with E-state index in [1.807, 2.05) is 6.92 Å². The maximum Gasteiger partial charge on any atom is 0.242 e. The van der Waals surface area contributed by atoms with E-state index in [2.05, 4.69) is 21.9 Å². The van der Waals surface area contributed by atoms with Crippen molar-refractivity contribution in [1.29, 1.82) is 0 Å². The highest BCUT2D eigenvalue weighted by Crippen LogP contribution is 2.10. The molecule has 1 aromatic rings. The molecule has 122 valence electrons. The van der Waals surface area contributed by atoms with Gasteiger partial charge in [0.1, 0.15) is 0 Å². The summed E-state index contributed by atoms with van der Waals surface area (Å²) in [6.45, 7) is 7.38. The Morgan fingerprint density at radius 1 is 1.19 bits per heavy atom. The Bertz CT molecular complexity index is 485. The summed E-state index contributed by atoms with van der Waals surface area (Å²) in [7, 11) is -3.43. The summed E-state index contributed by atoms with van der Waals surface area (Å²) in [6.07, 6.45) is 4.23. The number of rotatable bonds is 12. The summed E-state index contributed by atoms with van der Waals surface area (Å²) in [4.78, 5) is 3.27. The number of ether oxygens (including phenoxy) is 1. The second kappa shape index (κ2) is 9.94. The molecule has 7 heteroatoms. The van der Waals surface area contributed by atoms with Gasteiger partial charge in [-0.1, -0.05) is 13.8 Å². The van der Waals surface area contributed by atoms with Crippen LogP contribution in [0.5, 0.6) is 0 Å². The molecule has 21 heavy (non-hydrogen) atoms. The summed E-state index contributed by atoms with van der Waals surface area (Å²) in [5, 5.41) is 3.22. The molecule has 0 saturated heterocycles. The van der Waals surface area contributed by atoms with Crippen LogP contribution in [0.25, 0.3) is 0 Å². The van der Waals surface area contributed by atoms with Gasteiger partial charge >= 0.3 is 0 Å². The van der Waals surface area contributed by atoms with Gasteiger partial charge in [-0.25, -0.2) is 13.1 Å². The van der Waals surface area contributed by atoms with Gasteiger partial charge in [0.15, 0.2) is 0 Å². The van der Waals surface area contributed by atoms with E-state index in [9.17, 15) is 8.42 Å². The van der Waals surface area contributed by atoms with Crippen LogP contribution >= 0.6 is 0 Å². The first kappa shape index (κ1) is 18.2. The summed E-state index contributed by atoms with van der Waals surface area (Å²) in [5.74, 6) is 0. The molecule has 0 radical (unpaired) electrons. The van der Waals surface area contributed by atoms with Crippen LogP contribution in [0.3, 0.4) is 0 Å². The Labute approximate surface area is 127 Å². The van der Waals surface area contributed by atoms with Crippen LogP contribution < -0.4 is 10.0 Å². The molecular formula is C14H27N3O3S. The van der Waals surface area contributed by atoms with Crippen molar-refractivity contribution in [3.8, 4) is 0 Å². The topological polar surface area (TPSA) is 83.2 Å². The minimum Gasteiger partial charge on any atom is -0.381 e. The van der Waals surface area contributed by atoms with Crippen molar-refractivity contribution in [2.24, 2.45) is 0 Å². The molecule has 0 saturated carbocycles. The fourth-order valence-corrected chi connectivity index (χ4v) is 2.88. The van der Waals surface area contributed by atoms with Crippen molar-refractivity contribution in [3.05, 3.63) is 18.0 Å². The minimum absolute atomic E-state index is 0.283. The Morgan fingerprint density at radius 3 is 2.71 bits per heavy atom. The fraction of sp³-hybridized carbons (Fsp3) is 0.714. The number of aromatic amines is 1. The normalized spacial score (nSPS) is 11.9. The molecular weight excluding hydrogens is 290 g/mol. The molecule has 0 aliphatic rings. The Hall–Kier alpha value is -0.890. The quantitative estimate of drug-likeness (QED) is 0.511. The molecule has 0 aliphatic heterocycles. The van der Waals surface area contributed by atoms with Crippen molar-refractivity contribution in [1.82, 2.24) is 15.0 Å². The standard InChI is InChI=1S/C14H27N3O3S/c1-3-6-15-11-13-10-14(12-16-13)21(18,19)17-7-5-9-20-8-4-2/h10,12,15-17H,3-9,11H2,1-2H3. The third kappa shape index (κ3) is 7.08. The first-order chi connectivity index (χ1) is 10.1. The number of sulfonamides is 1. The highest BCUT2D eigenvalue weighted by molar-refractivity contribution is 7.89. The SMILES string of the molecule is CCCNCc1cc(S(=O)(=O)NCCCOCCC)c[nH]1. The molecule has 1 rings (SSSR count). The molecule has 0 aromatic carbocycles. The van der Waals surface area contributed by atoms with E-state index in [0.29, 0.717) is 26.1 Å². The average Bonchev–Trinajstić information content (AvgIpc) is 2.93. The molecule has 0 amide bonds. The Morgan fingerprint density at radius 2 is 2.00 bits per heavy atom. The van der Waals surface area contributed by atoms with Crippen molar-refractivity contribution < 1.29 is 13.2 Å². The maximum absolute atomic E-state index is 12.1. The van der Waals surface area contributed by atoms with Crippen molar-refractivity contribution in [2.75, 3.05) is 26.3 Å². The zero-order chi connectivity index (χ0) is 15.6. The largest absolute Gasteiger partial charge is 0.381 e. The van der Waals surface area contributed by atoms with Crippen molar-refractivity contribution >= 4 is 10.0 Å². The van der Waals surface area contributed by atoms with Crippen LogP contribution in [0.2, 0.25) is 0 Å². The maximum atomic E-state index is 12.1. The number of hydrogen-bond acceptors (Lipinski definition) is 4. The zero-order valence-electron chi connectivity index (χ0n) is 12.9. The van der Waals surface area contributed by atoms with Gasteiger partial charge in [-0.3, -0.25) is 0 Å². The molecule has 0 spiro atoms.